The second kappa shape index (κ2) is 7.06. The van der Waals surface area contributed by atoms with E-state index in [-0.39, 0.29) is 22.1 Å². The van der Waals surface area contributed by atoms with Gasteiger partial charge in [0.25, 0.3) is 0 Å². The molecule has 7 heteroatoms. The number of nitrogens with one attached hydrogen (secondary N) is 1. The fourth-order valence-electron chi connectivity index (χ4n) is 3.40. The standard InChI is InChI=1S/C17H24N2O3S2/c1-12-10-17(20)18-15-11-14(8-9-16(15)23-12)24(21,22)19(2)13-6-4-3-5-7-13/h8-9,11-13H,3-7,10H2,1-2H3,(H,18,20)/t12-/m1/s1. The van der Waals surface area contributed by atoms with Gasteiger partial charge in [-0.2, -0.15) is 4.31 Å². The van der Waals surface area contributed by atoms with E-state index in [1.807, 2.05) is 13.0 Å². The van der Waals surface area contributed by atoms with Crippen LogP contribution in [0.2, 0.25) is 0 Å². The molecule has 0 aromatic heterocycles. The molecule has 0 saturated heterocycles. The third kappa shape index (κ3) is 3.63. The summed E-state index contributed by atoms with van der Waals surface area (Å²) in [5.41, 5.74) is 0.604. The third-order valence-electron chi connectivity index (χ3n) is 4.79. The number of nitrogens with zero attached hydrogens (tertiary/aromatic N) is 1. The van der Waals surface area contributed by atoms with Crippen LogP contribution in [0.1, 0.15) is 45.4 Å². The normalized spacial score (nSPS) is 22.8. The van der Waals surface area contributed by atoms with Crippen molar-refractivity contribution < 1.29 is 13.2 Å². The van der Waals surface area contributed by atoms with Gasteiger partial charge in [0.15, 0.2) is 0 Å². The molecular weight excluding hydrogens is 344 g/mol. The number of sulfonamides is 1. The van der Waals surface area contributed by atoms with Gasteiger partial charge >= 0.3 is 0 Å². The molecular formula is C17H24N2O3S2. The van der Waals surface area contributed by atoms with Crippen LogP contribution in [0.5, 0.6) is 0 Å². The molecule has 0 spiro atoms. The van der Waals surface area contributed by atoms with Crippen LogP contribution in [-0.2, 0) is 14.8 Å². The molecule has 0 unspecified atom stereocenters. The van der Waals surface area contributed by atoms with E-state index in [1.54, 1.807) is 30.9 Å². The lowest BCUT2D eigenvalue weighted by atomic mass is 9.96. The smallest absolute Gasteiger partial charge is 0.243 e. The van der Waals surface area contributed by atoms with Crippen molar-refractivity contribution in [3.05, 3.63) is 18.2 Å². The fraction of sp³-hybridized carbons (Fsp3) is 0.588. The van der Waals surface area contributed by atoms with E-state index in [2.05, 4.69) is 5.32 Å². The highest BCUT2D eigenvalue weighted by Gasteiger charge is 2.30. The largest absolute Gasteiger partial charge is 0.325 e. The number of thioether (sulfide) groups is 1. The Morgan fingerprint density at radius 2 is 1.92 bits per heavy atom. The summed E-state index contributed by atoms with van der Waals surface area (Å²) in [6, 6.07) is 5.15. The molecule has 0 radical (unpaired) electrons. The number of carbonyl (C=O) groups excluding carboxylic acids is 1. The van der Waals surface area contributed by atoms with Gasteiger partial charge in [-0.15, -0.1) is 11.8 Å². The van der Waals surface area contributed by atoms with Gasteiger partial charge in [0, 0.05) is 29.7 Å². The van der Waals surface area contributed by atoms with E-state index in [9.17, 15) is 13.2 Å². The van der Waals surface area contributed by atoms with Gasteiger partial charge in [0.2, 0.25) is 15.9 Å². The second-order valence-electron chi connectivity index (χ2n) is 6.65. The monoisotopic (exact) mass is 368 g/mol. The molecule has 1 aromatic rings. The number of benzene rings is 1. The zero-order chi connectivity index (χ0) is 17.3. The molecule has 1 aromatic carbocycles. The van der Waals surface area contributed by atoms with Crippen LogP contribution in [0.25, 0.3) is 0 Å². The maximum absolute atomic E-state index is 13.0. The molecule has 5 nitrogen and oxygen atoms in total. The summed E-state index contributed by atoms with van der Waals surface area (Å²) < 4.78 is 27.4. The Hall–Kier alpha value is -1.05. The first-order valence-corrected chi connectivity index (χ1v) is 10.8. The van der Waals surface area contributed by atoms with Crippen molar-refractivity contribution in [1.29, 1.82) is 0 Å². The van der Waals surface area contributed by atoms with E-state index in [4.69, 9.17) is 0 Å². The SMILES string of the molecule is C[C@@H]1CC(=O)Nc2cc(S(=O)(=O)N(C)C3CCCCC3)ccc2S1. The van der Waals surface area contributed by atoms with Crippen LogP contribution in [-0.4, -0.2) is 37.0 Å². The number of hydrogen-bond acceptors (Lipinski definition) is 4. The average molecular weight is 369 g/mol. The van der Waals surface area contributed by atoms with Crippen LogP contribution in [0.3, 0.4) is 0 Å². The minimum atomic E-state index is -3.54. The van der Waals surface area contributed by atoms with E-state index in [1.165, 1.54) is 10.7 Å². The highest BCUT2D eigenvalue weighted by molar-refractivity contribution is 8.00. The summed E-state index contributed by atoms with van der Waals surface area (Å²) in [6.07, 6.45) is 5.63. The van der Waals surface area contributed by atoms with E-state index < -0.39 is 10.0 Å². The van der Waals surface area contributed by atoms with Gasteiger partial charge in [-0.1, -0.05) is 26.2 Å². The Morgan fingerprint density at radius 1 is 1.21 bits per heavy atom. The quantitative estimate of drug-likeness (QED) is 0.887. The summed E-state index contributed by atoms with van der Waals surface area (Å²) in [5, 5.41) is 3.02. The van der Waals surface area contributed by atoms with E-state index in [0.29, 0.717) is 12.1 Å². The molecule has 0 bridgehead atoms. The maximum Gasteiger partial charge on any atom is 0.243 e. The Labute approximate surface area is 148 Å². The highest BCUT2D eigenvalue weighted by Crippen LogP contribution is 2.37. The highest BCUT2D eigenvalue weighted by atomic mass is 32.2. The Kier molecular flexibility index (Phi) is 5.22. The van der Waals surface area contributed by atoms with Crippen molar-refractivity contribution in [1.82, 2.24) is 4.31 Å². The Bertz CT molecular complexity index is 727. The molecule has 1 fully saturated rings. The predicted molar refractivity (Wildman–Crippen MR) is 96.8 cm³/mol. The molecule has 24 heavy (non-hydrogen) atoms. The number of rotatable bonds is 3. The number of hydrogen-bond donors (Lipinski definition) is 1. The van der Waals surface area contributed by atoms with Gasteiger partial charge in [0.1, 0.15) is 0 Å². The molecule has 1 amide bonds. The van der Waals surface area contributed by atoms with Crippen molar-refractivity contribution in [2.75, 3.05) is 12.4 Å². The zero-order valence-electron chi connectivity index (χ0n) is 14.1. The molecule has 2 aliphatic rings. The van der Waals surface area contributed by atoms with Gasteiger partial charge in [0.05, 0.1) is 10.6 Å². The molecule has 1 atom stereocenters. The van der Waals surface area contributed by atoms with Crippen LogP contribution in [0.4, 0.5) is 5.69 Å². The molecule has 1 aliphatic heterocycles. The summed E-state index contributed by atoms with van der Waals surface area (Å²) in [5.74, 6) is -0.0658. The van der Waals surface area contributed by atoms with Crippen LogP contribution in [0, 0.1) is 0 Å². The number of fused-ring (bicyclic) bond motifs is 1. The third-order valence-corrected chi connectivity index (χ3v) is 7.88. The molecule has 3 rings (SSSR count). The first-order chi connectivity index (χ1) is 11.4. The molecule has 1 aliphatic carbocycles. The summed E-state index contributed by atoms with van der Waals surface area (Å²) in [6.45, 7) is 2.00. The maximum atomic E-state index is 13.0. The lowest BCUT2D eigenvalue weighted by Gasteiger charge is -2.30. The first kappa shape index (κ1) is 17.8. The zero-order valence-corrected chi connectivity index (χ0v) is 15.8. The van der Waals surface area contributed by atoms with Crippen molar-refractivity contribution in [2.24, 2.45) is 0 Å². The van der Waals surface area contributed by atoms with Crippen molar-refractivity contribution in [3.8, 4) is 0 Å². The van der Waals surface area contributed by atoms with Crippen LogP contribution < -0.4 is 5.32 Å². The molecule has 132 valence electrons. The molecule has 1 heterocycles. The number of carbonyl (C=O) groups is 1. The van der Waals surface area contributed by atoms with Gasteiger partial charge in [-0.05, 0) is 31.0 Å². The lowest BCUT2D eigenvalue weighted by molar-refractivity contribution is -0.116. The summed E-state index contributed by atoms with van der Waals surface area (Å²) in [4.78, 5) is 13.1. The van der Waals surface area contributed by atoms with Gasteiger partial charge < -0.3 is 5.32 Å². The lowest BCUT2D eigenvalue weighted by Crippen LogP contribution is -2.38. The average Bonchev–Trinajstić information content (AvgIpc) is 2.70. The van der Waals surface area contributed by atoms with Crippen molar-refractivity contribution in [3.63, 3.8) is 0 Å². The van der Waals surface area contributed by atoms with Crippen LogP contribution in [0.15, 0.2) is 28.0 Å². The minimum Gasteiger partial charge on any atom is -0.325 e. The van der Waals surface area contributed by atoms with E-state index in [0.717, 1.165) is 30.6 Å². The Balaban J connectivity index is 1.90. The van der Waals surface area contributed by atoms with Crippen LogP contribution >= 0.6 is 11.8 Å². The fourth-order valence-corrected chi connectivity index (χ4v) is 5.89. The second-order valence-corrected chi connectivity index (χ2v) is 10.1. The number of anilines is 1. The minimum absolute atomic E-state index is 0.0658. The number of amides is 1. The molecule has 1 saturated carbocycles. The Morgan fingerprint density at radius 3 is 2.62 bits per heavy atom. The van der Waals surface area contributed by atoms with Gasteiger partial charge in [-0.3, -0.25) is 4.79 Å². The molecule has 1 N–H and O–H groups in total. The van der Waals surface area contributed by atoms with Crippen molar-refractivity contribution >= 4 is 33.4 Å². The first-order valence-electron chi connectivity index (χ1n) is 8.46. The predicted octanol–water partition coefficient (Wildman–Crippen LogP) is 3.46. The van der Waals surface area contributed by atoms with Crippen molar-refractivity contribution in [2.45, 2.75) is 66.5 Å². The summed E-state index contributed by atoms with van der Waals surface area (Å²) >= 11 is 1.60. The summed E-state index contributed by atoms with van der Waals surface area (Å²) in [7, 11) is -1.87. The topological polar surface area (TPSA) is 66.5 Å². The van der Waals surface area contributed by atoms with E-state index >= 15 is 0 Å². The van der Waals surface area contributed by atoms with Gasteiger partial charge in [-0.25, -0.2) is 8.42 Å².